The number of fused-ring (bicyclic) bond motifs is 1. The van der Waals surface area contributed by atoms with Gasteiger partial charge in [0.2, 0.25) is 0 Å². The number of carbonyl (C=O) groups is 2. The van der Waals surface area contributed by atoms with Crippen molar-refractivity contribution in [1.29, 1.82) is 0 Å². The molecule has 21 heavy (non-hydrogen) atoms. The van der Waals surface area contributed by atoms with Crippen LogP contribution in [0.25, 0.3) is 0 Å². The number of nitrogens with one attached hydrogen (secondary N) is 2. The smallest absolute Gasteiger partial charge is 0.325 e. The normalized spacial score (nSPS) is 16.8. The van der Waals surface area contributed by atoms with Crippen molar-refractivity contribution < 1.29 is 9.59 Å². The van der Waals surface area contributed by atoms with Crippen LogP contribution in [0.15, 0.2) is 10.9 Å². The number of nitrogens with zero attached hydrogens (tertiary/aromatic N) is 3. The monoisotopic (exact) mass is 291 g/mol. The quantitative estimate of drug-likeness (QED) is 0.782. The molecule has 112 valence electrons. The molecule has 1 saturated heterocycles. The number of imide groups is 1. The van der Waals surface area contributed by atoms with Crippen LogP contribution < -0.4 is 16.2 Å². The summed E-state index contributed by atoms with van der Waals surface area (Å²) in [5.41, 5.74) is 1.86. The molecular formula is C13H17N5O3. The van der Waals surface area contributed by atoms with E-state index in [0.29, 0.717) is 19.6 Å². The standard InChI is InChI=1S/C13H17N5O3/c19-11-8-9-2-1-3-10(9)16-18(11)7-5-15-13(21)17-6-4-14-12(17)20/h8H,1-7H2,(H,14,20)(H,15,21). The van der Waals surface area contributed by atoms with Gasteiger partial charge in [-0.05, 0) is 24.8 Å². The van der Waals surface area contributed by atoms with Crippen molar-refractivity contribution in [2.75, 3.05) is 19.6 Å². The lowest BCUT2D eigenvalue weighted by molar-refractivity contribution is 0.198. The van der Waals surface area contributed by atoms with Gasteiger partial charge in [-0.25, -0.2) is 19.2 Å². The summed E-state index contributed by atoms with van der Waals surface area (Å²) in [7, 11) is 0. The fourth-order valence-electron chi connectivity index (χ4n) is 2.63. The Morgan fingerprint density at radius 1 is 1.38 bits per heavy atom. The highest BCUT2D eigenvalue weighted by molar-refractivity contribution is 5.94. The van der Waals surface area contributed by atoms with Crippen molar-refractivity contribution in [3.05, 3.63) is 27.7 Å². The minimum atomic E-state index is -0.445. The Hall–Kier alpha value is -2.38. The third-order valence-electron chi connectivity index (χ3n) is 3.73. The first kappa shape index (κ1) is 13.6. The lowest BCUT2D eigenvalue weighted by atomic mass is 10.2. The predicted octanol–water partition coefficient (Wildman–Crippen LogP) is -0.533. The van der Waals surface area contributed by atoms with E-state index in [0.717, 1.165) is 35.4 Å². The highest BCUT2D eigenvalue weighted by atomic mass is 16.2. The van der Waals surface area contributed by atoms with Gasteiger partial charge in [0.15, 0.2) is 0 Å². The Kier molecular flexibility index (Phi) is 3.59. The fraction of sp³-hybridized carbons (Fsp3) is 0.538. The summed E-state index contributed by atoms with van der Waals surface area (Å²) in [6, 6.07) is 0.796. The third kappa shape index (κ3) is 2.74. The van der Waals surface area contributed by atoms with Crippen molar-refractivity contribution in [2.45, 2.75) is 25.8 Å². The number of aryl methyl sites for hydroxylation is 2. The number of aromatic nitrogens is 2. The van der Waals surface area contributed by atoms with Gasteiger partial charge < -0.3 is 10.6 Å². The molecule has 0 unspecified atom stereocenters. The van der Waals surface area contributed by atoms with Crippen LogP contribution >= 0.6 is 0 Å². The molecule has 3 rings (SSSR count). The van der Waals surface area contributed by atoms with E-state index in [1.54, 1.807) is 6.07 Å². The van der Waals surface area contributed by atoms with Crippen LogP contribution in [0.2, 0.25) is 0 Å². The summed E-state index contributed by atoms with van der Waals surface area (Å²) in [6.07, 6.45) is 2.85. The van der Waals surface area contributed by atoms with E-state index >= 15 is 0 Å². The number of urea groups is 2. The molecule has 1 aliphatic heterocycles. The van der Waals surface area contributed by atoms with Crippen LogP contribution in [0.1, 0.15) is 17.7 Å². The van der Waals surface area contributed by atoms with Crippen LogP contribution in [0.3, 0.4) is 0 Å². The first-order chi connectivity index (χ1) is 10.1. The first-order valence-corrected chi connectivity index (χ1v) is 7.08. The van der Waals surface area contributed by atoms with Crippen molar-refractivity contribution >= 4 is 12.1 Å². The van der Waals surface area contributed by atoms with Crippen molar-refractivity contribution in [3.8, 4) is 0 Å². The molecule has 0 saturated carbocycles. The number of carbonyl (C=O) groups excluding carboxylic acids is 2. The van der Waals surface area contributed by atoms with Crippen LogP contribution in [-0.2, 0) is 19.4 Å². The summed E-state index contributed by atoms with van der Waals surface area (Å²) in [5, 5.41) is 9.50. The second-order valence-electron chi connectivity index (χ2n) is 5.15. The highest BCUT2D eigenvalue weighted by Gasteiger charge is 2.25. The molecule has 1 aliphatic carbocycles. The zero-order valence-corrected chi connectivity index (χ0v) is 11.6. The van der Waals surface area contributed by atoms with Crippen LogP contribution in [-0.4, -0.2) is 46.4 Å². The Morgan fingerprint density at radius 3 is 3.00 bits per heavy atom. The Morgan fingerprint density at radius 2 is 2.24 bits per heavy atom. The SMILES string of the molecule is O=C1NCCN1C(=O)NCCn1nc2c(cc1=O)CCC2. The zero-order chi connectivity index (χ0) is 14.8. The Labute approximate surface area is 121 Å². The Bertz CT molecular complexity index is 639. The highest BCUT2D eigenvalue weighted by Crippen LogP contribution is 2.16. The minimum Gasteiger partial charge on any atom is -0.336 e. The van der Waals surface area contributed by atoms with E-state index in [1.807, 2.05) is 0 Å². The summed E-state index contributed by atoms with van der Waals surface area (Å²) in [4.78, 5) is 36.1. The molecule has 1 fully saturated rings. The maximum absolute atomic E-state index is 11.9. The van der Waals surface area contributed by atoms with E-state index < -0.39 is 6.03 Å². The van der Waals surface area contributed by atoms with Crippen molar-refractivity contribution in [1.82, 2.24) is 25.3 Å². The van der Waals surface area contributed by atoms with Gasteiger partial charge in [0.1, 0.15) is 0 Å². The van der Waals surface area contributed by atoms with Gasteiger partial charge in [0.25, 0.3) is 5.56 Å². The fourth-order valence-corrected chi connectivity index (χ4v) is 2.63. The number of hydrogen-bond acceptors (Lipinski definition) is 4. The van der Waals surface area contributed by atoms with Gasteiger partial charge in [0, 0.05) is 25.7 Å². The summed E-state index contributed by atoms with van der Waals surface area (Å²) in [6.45, 7) is 1.39. The van der Waals surface area contributed by atoms with E-state index in [2.05, 4.69) is 15.7 Å². The van der Waals surface area contributed by atoms with Crippen LogP contribution in [0.5, 0.6) is 0 Å². The summed E-state index contributed by atoms with van der Waals surface area (Å²) < 4.78 is 1.37. The predicted molar refractivity (Wildman–Crippen MR) is 74.0 cm³/mol. The van der Waals surface area contributed by atoms with Gasteiger partial charge in [-0.1, -0.05) is 0 Å². The zero-order valence-electron chi connectivity index (χ0n) is 11.6. The number of amides is 4. The van der Waals surface area contributed by atoms with Crippen molar-refractivity contribution in [2.24, 2.45) is 0 Å². The summed E-state index contributed by atoms with van der Waals surface area (Å²) >= 11 is 0. The van der Waals surface area contributed by atoms with E-state index in [1.165, 1.54) is 4.68 Å². The maximum Gasteiger partial charge on any atom is 0.325 e. The number of hydrogen-bond donors (Lipinski definition) is 2. The summed E-state index contributed by atoms with van der Waals surface area (Å²) in [5.74, 6) is 0. The molecule has 8 heteroatoms. The average molecular weight is 291 g/mol. The lowest BCUT2D eigenvalue weighted by Crippen LogP contribution is -2.43. The molecule has 0 radical (unpaired) electrons. The van der Waals surface area contributed by atoms with E-state index in [4.69, 9.17) is 0 Å². The molecule has 8 nitrogen and oxygen atoms in total. The maximum atomic E-state index is 11.9. The van der Waals surface area contributed by atoms with Crippen LogP contribution in [0.4, 0.5) is 9.59 Å². The van der Waals surface area contributed by atoms with Gasteiger partial charge in [-0.2, -0.15) is 5.10 Å². The molecule has 0 aromatic carbocycles. The van der Waals surface area contributed by atoms with E-state index in [9.17, 15) is 14.4 Å². The molecule has 1 aromatic rings. The minimum absolute atomic E-state index is 0.149. The first-order valence-electron chi connectivity index (χ1n) is 7.08. The molecule has 4 amide bonds. The van der Waals surface area contributed by atoms with Gasteiger partial charge >= 0.3 is 12.1 Å². The number of rotatable bonds is 3. The van der Waals surface area contributed by atoms with E-state index in [-0.39, 0.29) is 18.1 Å². The molecule has 0 bridgehead atoms. The second-order valence-corrected chi connectivity index (χ2v) is 5.15. The molecule has 2 aliphatic rings. The molecular weight excluding hydrogens is 274 g/mol. The molecule has 2 N–H and O–H groups in total. The topological polar surface area (TPSA) is 96.3 Å². The van der Waals surface area contributed by atoms with Gasteiger partial charge in [-0.15, -0.1) is 0 Å². The Balaban J connectivity index is 1.57. The third-order valence-corrected chi connectivity index (χ3v) is 3.73. The van der Waals surface area contributed by atoms with Crippen molar-refractivity contribution in [3.63, 3.8) is 0 Å². The van der Waals surface area contributed by atoms with Crippen LogP contribution in [0, 0.1) is 0 Å². The molecule has 0 spiro atoms. The van der Waals surface area contributed by atoms with Gasteiger partial charge in [-0.3, -0.25) is 4.79 Å². The second kappa shape index (κ2) is 5.55. The average Bonchev–Trinajstić information content (AvgIpc) is 3.07. The van der Waals surface area contributed by atoms with Gasteiger partial charge in [0.05, 0.1) is 12.2 Å². The molecule has 0 atom stereocenters. The molecule has 2 heterocycles. The largest absolute Gasteiger partial charge is 0.336 e. The molecule has 1 aromatic heterocycles. The lowest BCUT2D eigenvalue weighted by Gasteiger charge is -2.13.